The molecule has 2 rings (SSSR count). The van der Waals surface area contributed by atoms with Crippen LogP contribution in [0.3, 0.4) is 0 Å². The van der Waals surface area contributed by atoms with E-state index < -0.39 is 0 Å². The van der Waals surface area contributed by atoms with Crippen LogP contribution >= 0.6 is 0 Å². The molecule has 16 heavy (non-hydrogen) atoms. The van der Waals surface area contributed by atoms with E-state index in [4.69, 9.17) is 5.11 Å². The molecular weight excluding hydrogens is 202 g/mol. The second-order valence-corrected chi connectivity index (χ2v) is 4.71. The molecule has 0 saturated carbocycles. The quantitative estimate of drug-likeness (QED) is 0.786. The average molecular weight is 219 g/mol. The summed E-state index contributed by atoms with van der Waals surface area (Å²) in [6, 6.07) is 6.45. The Morgan fingerprint density at radius 3 is 2.19 bits per heavy atom. The molecule has 3 heteroatoms. The highest BCUT2D eigenvalue weighted by atomic mass is 16.3. The van der Waals surface area contributed by atoms with Gasteiger partial charge >= 0.3 is 0 Å². The molecule has 1 saturated heterocycles. The van der Waals surface area contributed by atoms with Gasteiger partial charge in [0.2, 0.25) is 0 Å². The predicted molar refractivity (Wildman–Crippen MR) is 62.3 cm³/mol. The summed E-state index contributed by atoms with van der Waals surface area (Å²) in [6.07, 6.45) is 0. The largest absolute Gasteiger partial charge is 0.508 e. The van der Waals surface area contributed by atoms with E-state index in [0.29, 0.717) is 17.4 Å². The second kappa shape index (κ2) is 4.16. The molecule has 0 aliphatic carbocycles. The van der Waals surface area contributed by atoms with E-state index >= 15 is 0 Å². The minimum atomic E-state index is 0.0659. The first-order valence-electron chi connectivity index (χ1n) is 5.66. The summed E-state index contributed by atoms with van der Waals surface area (Å²) in [6.45, 7) is 6.02. The zero-order chi connectivity index (χ0) is 11.7. The molecule has 1 aliphatic heterocycles. The molecular formula is C13H17NO2. The number of phenols is 1. The van der Waals surface area contributed by atoms with Crippen LogP contribution in [0.1, 0.15) is 24.2 Å². The summed E-state index contributed by atoms with van der Waals surface area (Å²) in [4.78, 5) is 14.0. The maximum absolute atomic E-state index is 12.1. The standard InChI is InChI=1S/C13H17NO2/c1-9-7-14(8-10(9)2)13(16)11-3-5-12(15)6-4-11/h3-6,9-10,15H,7-8H2,1-2H3. The minimum Gasteiger partial charge on any atom is -0.508 e. The highest BCUT2D eigenvalue weighted by Gasteiger charge is 2.29. The molecule has 1 aromatic rings. The zero-order valence-corrected chi connectivity index (χ0v) is 9.68. The van der Waals surface area contributed by atoms with Crippen molar-refractivity contribution in [2.75, 3.05) is 13.1 Å². The van der Waals surface area contributed by atoms with Gasteiger partial charge in [0.1, 0.15) is 5.75 Å². The van der Waals surface area contributed by atoms with Crippen molar-refractivity contribution in [2.45, 2.75) is 13.8 Å². The predicted octanol–water partition coefficient (Wildman–Crippen LogP) is 2.12. The molecule has 1 amide bonds. The normalized spacial score (nSPS) is 24.8. The van der Waals surface area contributed by atoms with E-state index in [0.717, 1.165) is 13.1 Å². The molecule has 1 aromatic carbocycles. The number of nitrogens with zero attached hydrogens (tertiary/aromatic N) is 1. The number of phenolic OH excluding ortho intramolecular Hbond substituents is 1. The van der Waals surface area contributed by atoms with Crippen molar-refractivity contribution in [2.24, 2.45) is 11.8 Å². The summed E-state index contributed by atoms with van der Waals surface area (Å²) < 4.78 is 0. The van der Waals surface area contributed by atoms with Crippen LogP contribution in [-0.2, 0) is 0 Å². The number of carbonyl (C=O) groups is 1. The lowest BCUT2D eigenvalue weighted by Gasteiger charge is -2.15. The monoisotopic (exact) mass is 219 g/mol. The van der Waals surface area contributed by atoms with Crippen LogP contribution in [0.4, 0.5) is 0 Å². The van der Waals surface area contributed by atoms with Gasteiger partial charge in [-0.1, -0.05) is 13.8 Å². The van der Waals surface area contributed by atoms with E-state index in [1.54, 1.807) is 24.3 Å². The Kier molecular flexibility index (Phi) is 2.86. The summed E-state index contributed by atoms with van der Waals surface area (Å²) in [5.41, 5.74) is 0.652. The number of aromatic hydroxyl groups is 1. The molecule has 0 radical (unpaired) electrons. The molecule has 3 nitrogen and oxygen atoms in total. The Labute approximate surface area is 95.7 Å². The molecule has 0 aromatic heterocycles. The molecule has 2 unspecified atom stereocenters. The van der Waals surface area contributed by atoms with E-state index in [9.17, 15) is 4.79 Å². The highest BCUT2D eigenvalue weighted by molar-refractivity contribution is 5.94. The maximum atomic E-state index is 12.1. The lowest BCUT2D eigenvalue weighted by molar-refractivity contribution is 0.0785. The molecule has 1 fully saturated rings. The minimum absolute atomic E-state index is 0.0659. The molecule has 1 heterocycles. The molecule has 0 bridgehead atoms. The van der Waals surface area contributed by atoms with Gasteiger partial charge in [0.05, 0.1) is 0 Å². The van der Waals surface area contributed by atoms with Gasteiger partial charge in [-0.2, -0.15) is 0 Å². The zero-order valence-electron chi connectivity index (χ0n) is 9.68. The first kappa shape index (κ1) is 11.0. The van der Waals surface area contributed by atoms with Crippen molar-refractivity contribution in [1.82, 2.24) is 4.90 Å². The Hall–Kier alpha value is -1.51. The van der Waals surface area contributed by atoms with Gasteiger partial charge in [0.15, 0.2) is 0 Å². The lowest BCUT2D eigenvalue weighted by Crippen LogP contribution is -2.28. The smallest absolute Gasteiger partial charge is 0.253 e. The average Bonchev–Trinajstić information content (AvgIpc) is 2.59. The van der Waals surface area contributed by atoms with Crippen molar-refractivity contribution < 1.29 is 9.90 Å². The van der Waals surface area contributed by atoms with Crippen molar-refractivity contribution in [3.05, 3.63) is 29.8 Å². The number of likely N-dealkylation sites (tertiary alicyclic amines) is 1. The number of carbonyl (C=O) groups excluding carboxylic acids is 1. The molecule has 0 spiro atoms. The highest BCUT2D eigenvalue weighted by Crippen LogP contribution is 2.24. The summed E-state index contributed by atoms with van der Waals surface area (Å²) in [5.74, 6) is 1.40. The number of amides is 1. The van der Waals surface area contributed by atoms with Gasteiger partial charge in [-0.25, -0.2) is 0 Å². The fourth-order valence-corrected chi connectivity index (χ4v) is 2.08. The van der Waals surface area contributed by atoms with Crippen molar-refractivity contribution in [3.63, 3.8) is 0 Å². The van der Waals surface area contributed by atoms with E-state index in [1.807, 2.05) is 4.90 Å². The van der Waals surface area contributed by atoms with Crippen molar-refractivity contribution in [3.8, 4) is 5.75 Å². The van der Waals surface area contributed by atoms with Gasteiger partial charge < -0.3 is 10.0 Å². The van der Waals surface area contributed by atoms with Gasteiger partial charge in [0, 0.05) is 18.7 Å². The number of hydrogen-bond donors (Lipinski definition) is 1. The van der Waals surface area contributed by atoms with Crippen molar-refractivity contribution >= 4 is 5.91 Å². The first-order valence-corrected chi connectivity index (χ1v) is 5.66. The van der Waals surface area contributed by atoms with Crippen LogP contribution < -0.4 is 0 Å². The summed E-state index contributed by atoms with van der Waals surface area (Å²) >= 11 is 0. The lowest BCUT2D eigenvalue weighted by atomic mass is 10.0. The van der Waals surface area contributed by atoms with Crippen LogP contribution in [-0.4, -0.2) is 29.0 Å². The first-order chi connectivity index (χ1) is 7.58. The fourth-order valence-electron chi connectivity index (χ4n) is 2.08. The van der Waals surface area contributed by atoms with Crippen LogP contribution in [0.25, 0.3) is 0 Å². The van der Waals surface area contributed by atoms with Crippen LogP contribution in [0.15, 0.2) is 24.3 Å². The summed E-state index contributed by atoms with van der Waals surface area (Å²) in [7, 11) is 0. The van der Waals surface area contributed by atoms with E-state index in [2.05, 4.69) is 13.8 Å². The molecule has 2 atom stereocenters. The molecule has 1 aliphatic rings. The maximum Gasteiger partial charge on any atom is 0.253 e. The SMILES string of the molecule is CC1CN(C(=O)c2ccc(O)cc2)CC1C. The van der Waals surface area contributed by atoms with Gasteiger partial charge in [-0.05, 0) is 36.1 Å². The Balaban J connectivity index is 2.11. The van der Waals surface area contributed by atoms with E-state index in [-0.39, 0.29) is 11.7 Å². The Morgan fingerprint density at radius 1 is 1.19 bits per heavy atom. The second-order valence-electron chi connectivity index (χ2n) is 4.71. The van der Waals surface area contributed by atoms with Crippen molar-refractivity contribution in [1.29, 1.82) is 0 Å². The fraction of sp³-hybridized carbons (Fsp3) is 0.462. The topological polar surface area (TPSA) is 40.5 Å². The van der Waals surface area contributed by atoms with Gasteiger partial charge in [0.25, 0.3) is 5.91 Å². The van der Waals surface area contributed by atoms with Crippen LogP contribution in [0, 0.1) is 11.8 Å². The third kappa shape index (κ3) is 2.03. The number of benzene rings is 1. The Bertz CT molecular complexity index is 375. The van der Waals surface area contributed by atoms with Crippen LogP contribution in [0.5, 0.6) is 5.75 Å². The van der Waals surface area contributed by atoms with Gasteiger partial charge in [-0.3, -0.25) is 4.79 Å². The summed E-state index contributed by atoms with van der Waals surface area (Å²) in [5, 5.41) is 9.16. The van der Waals surface area contributed by atoms with E-state index in [1.165, 1.54) is 0 Å². The van der Waals surface area contributed by atoms with Gasteiger partial charge in [-0.15, -0.1) is 0 Å². The Morgan fingerprint density at radius 2 is 1.69 bits per heavy atom. The molecule has 1 N–H and O–H groups in total. The molecule has 86 valence electrons. The number of hydrogen-bond acceptors (Lipinski definition) is 2. The van der Waals surface area contributed by atoms with Crippen LogP contribution in [0.2, 0.25) is 0 Å². The number of rotatable bonds is 1. The third-order valence-corrected chi connectivity index (χ3v) is 3.39. The third-order valence-electron chi connectivity index (χ3n) is 3.39.